The van der Waals surface area contributed by atoms with Crippen molar-refractivity contribution in [3.63, 3.8) is 0 Å². The molecule has 0 aromatic carbocycles. The van der Waals surface area contributed by atoms with Gasteiger partial charge in [0.1, 0.15) is 5.82 Å². The van der Waals surface area contributed by atoms with Gasteiger partial charge in [-0.1, -0.05) is 6.07 Å². The fraction of sp³-hybridized carbons (Fsp3) is 0.467. The minimum absolute atomic E-state index is 0.133. The second-order valence-electron chi connectivity index (χ2n) is 5.48. The Morgan fingerprint density at radius 2 is 2.10 bits per heavy atom. The minimum atomic E-state index is -0.657. The quantitative estimate of drug-likeness (QED) is 0.810. The molecule has 1 unspecified atom stereocenters. The van der Waals surface area contributed by atoms with Crippen molar-refractivity contribution in [2.24, 2.45) is 0 Å². The van der Waals surface area contributed by atoms with E-state index in [4.69, 9.17) is 0 Å². The van der Waals surface area contributed by atoms with Crippen molar-refractivity contribution in [1.29, 1.82) is 0 Å². The molecular formula is C15H19N3O2S. The maximum absolute atomic E-state index is 9.76. The van der Waals surface area contributed by atoms with E-state index in [0.29, 0.717) is 12.8 Å². The van der Waals surface area contributed by atoms with Crippen molar-refractivity contribution >= 4 is 17.2 Å². The van der Waals surface area contributed by atoms with Crippen LogP contribution in [0.5, 0.6) is 0 Å². The summed E-state index contributed by atoms with van der Waals surface area (Å²) in [6.45, 7) is 1.95. The van der Waals surface area contributed by atoms with E-state index in [1.807, 2.05) is 30.5 Å². The lowest BCUT2D eigenvalue weighted by Gasteiger charge is -2.30. The van der Waals surface area contributed by atoms with Gasteiger partial charge in [0.15, 0.2) is 5.82 Å². The summed E-state index contributed by atoms with van der Waals surface area (Å²) in [6.07, 6.45) is 0.724. The molecular weight excluding hydrogens is 286 g/mol. The molecule has 0 amide bonds. The number of aliphatic hydroxyl groups is 2. The van der Waals surface area contributed by atoms with Crippen molar-refractivity contribution in [3.8, 4) is 10.7 Å². The second kappa shape index (κ2) is 6.09. The fourth-order valence-electron chi connectivity index (χ4n) is 2.63. The number of anilines is 1. The van der Waals surface area contributed by atoms with E-state index in [0.717, 1.165) is 28.6 Å². The Kier molecular flexibility index (Phi) is 4.19. The van der Waals surface area contributed by atoms with Gasteiger partial charge in [-0.3, -0.25) is 0 Å². The molecule has 2 heterocycles. The molecule has 0 bridgehead atoms. The number of aromatic nitrogens is 2. The van der Waals surface area contributed by atoms with E-state index in [2.05, 4.69) is 15.3 Å². The highest BCUT2D eigenvalue weighted by Gasteiger charge is 2.27. The lowest BCUT2D eigenvalue weighted by molar-refractivity contribution is -0.0120. The van der Waals surface area contributed by atoms with Crippen molar-refractivity contribution in [1.82, 2.24) is 9.97 Å². The van der Waals surface area contributed by atoms with Crippen LogP contribution in [-0.2, 0) is 0 Å². The summed E-state index contributed by atoms with van der Waals surface area (Å²) in [6, 6.07) is 6.03. The molecule has 5 nitrogen and oxygen atoms in total. The molecule has 1 saturated carbocycles. The smallest absolute Gasteiger partial charge is 0.171 e. The number of aryl methyl sites for hydroxylation is 1. The van der Waals surface area contributed by atoms with Gasteiger partial charge >= 0.3 is 0 Å². The molecule has 0 saturated heterocycles. The summed E-state index contributed by atoms with van der Waals surface area (Å²) in [5.74, 6) is 1.50. The van der Waals surface area contributed by atoms with E-state index in [9.17, 15) is 10.2 Å². The van der Waals surface area contributed by atoms with E-state index in [-0.39, 0.29) is 6.04 Å². The van der Waals surface area contributed by atoms with Crippen LogP contribution in [0.25, 0.3) is 10.7 Å². The Labute approximate surface area is 127 Å². The van der Waals surface area contributed by atoms with Crippen LogP contribution < -0.4 is 5.32 Å². The van der Waals surface area contributed by atoms with Crippen molar-refractivity contribution in [2.75, 3.05) is 5.32 Å². The highest BCUT2D eigenvalue weighted by Crippen LogP contribution is 2.25. The SMILES string of the molecule is Cc1cc(NC2CC[C@@H](O)[C@@H](O)C2)nc(-c2cccs2)n1. The van der Waals surface area contributed by atoms with Gasteiger partial charge in [-0.25, -0.2) is 9.97 Å². The molecule has 0 spiro atoms. The first-order valence-corrected chi connectivity index (χ1v) is 8.02. The normalized spacial score (nSPS) is 25.8. The molecule has 3 N–H and O–H groups in total. The Bertz CT molecular complexity index is 603. The van der Waals surface area contributed by atoms with Crippen LogP contribution in [-0.4, -0.2) is 38.4 Å². The Balaban J connectivity index is 1.77. The van der Waals surface area contributed by atoms with Crippen molar-refractivity contribution in [2.45, 2.75) is 44.4 Å². The van der Waals surface area contributed by atoms with Gasteiger partial charge in [-0.2, -0.15) is 0 Å². The van der Waals surface area contributed by atoms with Crippen LogP contribution in [0.1, 0.15) is 25.0 Å². The highest BCUT2D eigenvalue weighted by atomic mass is 32.1. The molecule has 2 aromatic heterocycles. The first-order chi connectivity index (χ1) is 10.1. The third kappa shape index (κ3) is 3.40. The van der Waals surface area contributed by atoms with Crippen LogP contribution in [0.4, 0.5) is 5.82 Å². The first-order valence-electron chi connectivity index (χ1n) is 7.14. The van der Waals surface area contributed by atoms with E-state index >= 15 is 0 Å². The van der Waals surface area contributed by atoms with Crippen LogP contribution in [0.15, 0.2) is 23.6 Å². The predicted molar refractivity (Wildman–Crippen MR) is 83.4 cm³/mol. The van der Waals surface area contributed by atoms with Gasteiger partial charge in [0.05, 0.1) is 17.1 Å². The minimum Gasteiger partial charge on any atom is -0.390 e. The van der Waals surface area contributed by atoms with Gasteiger partial charge in [0, 0.05) is 17.8 Å². The largest absolute Gasteiger partial charge is 0.390 e. The summed E-state index contributed by atoms with van der Waals surface area (Å²) in [5, 5.41) is 24.7. The number of thiophene rings is 1. The third-order valence-corrected chi connectivity index (χ3v) is 4.59. The zero-order valence-corrected chi connectivity index (χ0v) is 12.7. The topological polar surface area (TPSA) is 78.3 Å². The molecule has 1 fully saturated rings. The monoisotopic (exact) mass is 305 g/mol. The number of nitrogens with one attached hydrogen (secondary N) is 1. The Morgan fingerprint density at radius 3 is 2.81 bits per heavy atom. The van der Waals surface area contributed by atoms with Crippen molar-refractivity contribution in [3.05, 3.63) is 29.3 Å². The summed E-state index contributed by atoms with van der Waals surface area (Å²) < 4.78 is 0. The lowest BCUT2D eigenvalue weighted by atomic mass is 9.90. The zero-order valence-electron chi connectivity index (χ0n) is 11.9. The maximum atomic E-state index is 9.76. The van der Waals surface area contributed by atoms with E-state index in [1.54, 1.807) is 11.3 Å². The van der Waals surface area contributed by atoms with Gasteiger partial charge in [-0.15, -0.1) is 11.3 Å². The first kappa shape index (κ1) is 14.4. The van der Waals surface area contributed by atoms with Crippen LogP contribution in [0.3, 0.4) is 0 Å². The Hall–Kier alpha value is -1.50. The number of hydrogen-bond acceptors (Lipinski definition) is 6. The molecule has 2 aromatic rings. The maximum Gasteiger partial charge on any atom is 0.171 e. The van der Waals surface area contributed by atoms with E-state index in [1.165, 1.54) is 0 Å². The Morgan fingerprint density at radius 1 is 1.24 bits per heavy atom. The van der Waals surface area contributed by atoms with Gasteiger partial charge in [0.2, 0.25) is 0 Å². The second-order valence-corrected chi connectivity index (χ2v) is 6.43. The molecule has 0 aliphatic heterocycles. The van der Waals surface area contributed by atoms with Gasteiger partial charge in [0.25, 0.3) is 0 Å². The van der Waals surface area contributed by atoms with E-state index < -0.39 is 12.2 Å². The highest BCUT2D eigenvalue weighted by molar-refractivity contribution is 7.13. The molecule has 1 aliphatic rings. The number of hydrogen-bond donors (Lipinski definition) is 3. The average Bonchev–Trinajstić information content (AvgIpc) is 2.96. The standard InChI is InChI=1S/C15H19N3O2S/c1-9-7-14(17-10-4-5-11(19)12(20)8-10)18-15(16-9)13-3-2-6-21-13/h2-3,6-7,10-12,19-20H,4-5,8H2,1H3,(H,16,17,18)/t10?,11-,12+/m1/s1. The number of aliphatic hydroxyl groups excluding tert-OH is 2. The molecule has 1 aliphatic carbocycles. The van der Waals surface area contributed by atoms with Crippen LogP contribution in [0.2, 0.25) is 0 Å². The number of nitrogens with zero attached hydrogens (tertiary/aromatic N) is 2. The number of rotatable bonds is 3. The van der Waals surface area contributed by atoms with Gasteiger partial charge in [-0.05, 0) is 37.6 Å². The average molecular weight is 305 g/mol. The fourth-order valence-corrected chi connectivity index (χ4v) is 3.29. The summed E-state index contributed by atoms with van der Waals surface area (Å²) >= 11 is 1.61. The summed E-state index contributed by atoms with van der Waals surface area (Å²) in [7, 11) is 0. The molecule has 112 valence electrons. The van der Waals surface area contributed by atoms with Crippen molar-refractivity contribution < 1.29 is 10.2 Å². The molecule has 3 atom stereocenters. The third-order valence-electron chi connectivity index (χ3n) is 3.73. The lowest BCUT2D eigenvalue weighted by Crippen LogP contribution is -2.39. The zero-order chi connectivity index (χ0) is 14.8. The van der Waals surface area contributed by atoms with Crippen LogP contribution in [0, 0.1) is 6.92 Å². The predicted octanol–water partition coefficient (Wildman–Crippen LogP) is 2.20. The summed E-state index contributed by atoms with van der Waals surface area (Å²) in [4.78, 5) is 10.1. The molecule has 21 heavy (non-hydrogen) atoms. The molecule has 3 rings (SSSR count). The molecule has 0 radical (unpaired) electrons. The van der Waals surface area contributed by atoms with Gasteiger partial charge < -0.3 is 15.5 Å². The van der Waals surface area contributed by atoms with Crippen LogP contribution >= 0.6 is 11.3 Å². The summed E-state index contributed by atoms with van der Waals surface area (Å²) in [5.41, 5.74) is 0.910. The molecule has 6 heteroatoms.